The van der Waals surface area contributed by atoms with Gasteiger partial charge in [-0.25, -0.2) is 0 Å². The van der Waals surface area contributed by atoms with Gasteiger partial charge < -0.3 is 32.4 Å². The van der Waals surface area contributed by atoms with Crippen molar-refractivity contribution in [1.29, 1.82) is 0 Å². The second-order valence-corrected chi connectivity index (χ2v) is 7.40. The molecular formula is C21H24Cl2N4O6. The van der Waals surface area contributed by atoms with Crippen LogP contribution in [-0.4, -0.2) is 41.9 Å². The lowest BCUT2D eigenvalue weighted by Gasteiger charge is -2.06. The van der Waals surface area contributed by atoms with E-state index in [4.69, 9.17) is 45.1 Å². The fourth-order valence-corrected chi connectivity index (χ4v) is 3.01. The molecule has 0 bridgehead atoms. The van der Waals surface area contributed by atoms with E-state index in [0.717, 1.165) is 0 Å². The Labute approximate surface area is 200 Å². The smallest absolute Gasteiger partial charge is 0.306 e. The number of hydrogen-bond acceptors (Lipinski definition) is 7. The van der Waals surface area contributed by atoms with Crippen LogP contribution in [0.2, 0.25) is 10.0 Å². The number of nitrogens with two attached hydrogens (primary N) is 3. The van der Waals surface area contributed by atoms with E-state index in [2.05, 4.69) is 5.32 Å². The molecule has 0 saturated heterocycles. The number of carbonyl (C=O) groups excluding carboxylic acids is 4. The van der Waals surface area contributed by atoms with Crippen molar-refractivity contribution in [2.24, 2.45) is 11.5 Å². The third kappa shape index (κ3) is 9.67. The average Bonchev–Trinajstić information content (AvgIpc) is 2.73. The molecule has 0 atom stereocenters. The third-order valence-corrected chi connectivity index (χ3v) is 4.44. The summed E-state index contributed by atoms with van der Waals surface area (Å²) in [6.45, 7) is 1.80. The molecule has 0 aliphatic carbocycles. The van der Waals surface area contributed by atoms with Crippen LogP contribution in [0.5, 0.6) is 5.75 Å². The summed E-state index contributed by atoms with van der Waals surface area (Å²) >= 11 is 11.5. The fraction of sp³-hybridized carbons (Fsp3) is 0.238. The number of rotatable bonds is 8. The minimum absolute atomic E-state index is 0.0321. The van der Waals surface area contributed by atoms with Gasteiger partial charge in [0.05, 0.1) is 18.2 Å². The molecule has 2 aromatic rings. The summed E-state index contributed by atoms with van der Waals surface area (Å²) in [4.78, 5) is 44.1. The van der Waals surface area contributed by atoms with Crippen LogP contribution in [0.3, 0.4) is 0 Å². The lowest BCUT2D eigenvalue weighted by atomic mass is 10.1. The van der Waals surface area contributed by atoms with Gasteiger partial charge in [-0.1, -0.05) is 23.2 Å². The fourth-order valence-electron chi connectivity index (χ4n) is 2.47. The summed E-state index contributed by atoms with van der Waals surface area (Å²) in [5.41, 5.74) is 16.5. The predicted octanol–water partition coefficient (Wildman–Crippen LogP) is 1.78. The van der Waals surface area contributed by atoms with E-state index in [1.165, 1.54) is 24.3 Å². The number of halogens is 2. The normalized spacial score (nSPS) is 9.91. The zero-order valence-electron chi connectivity index (χ0n) is 17.7. The highest BCUT2D eigenvalue weighted by atomic mass is 35.5. The van der Waals surface area contributed by atoms with E-state index in [-0.39, 0.29) is 46.5 Å². The van der Waals surface area contributed by atoms with Gasteiger partial charge in [0.2, 0.25) is 11.8 Å². The minimum Gasteiger partial charge on any atom is -0.506 e. The van der Waals surface area contributed by atoms with Gasteiger partial charge in [-0.05, 0) is 49.2 Å². The maximum Gasteiger partial charge on any atom is 0.306 e. The van der Waals surface area contributed by atoms with Crippen molar-refractivity contribution in [2.45, 2.75) is 19.8 Å². The molecule has 33 heavy (non-hydrogen) atoms. The number of benzene rings is 2. The van der Waals surface area contributed by atoms with Crippen LogP contribution in [0.15, 0.2) is 30.3 Å². The van der Waals surface area contributed by atoms with Crippen molar-refractivity contribution in [2.75, 3.05) is 18.9 Å². The third-order valence-electron chi connectivity index (χ3n) is 3.94. The van der Waals surface area contributed by atoms with Crippen LogP contribution >= 0.6 is 23.2 Å². The summed E-state index contributed by atoms with van der Waals surface area (Å²) in [6.07, 6.45) is 0.545. The molecule has 0 fully saturated rings. The number of aromatic hydroxyl groups is 1. The van der Waals surface area contributed by atoms with Crippen molar-refractivity contribution < 1.29 is 29.0 Å². The summed E-state index contributed by atoms with van der Waals surface area (Å²) in [6, 6.07) is 7.04. The standard InChI is InChI=1S/C11H12Cl2O3.C10H12N4O3/c1-2-16-10(14)4-3-7-5-8(12)6-9(13)11(7)15;11-7-2-5(9(13)16)1-6(3-7)10(17)14-4-8(12)15/h5-6,15H,2-4H2,1H3;1-3H,4,11H2,(H2,12,15)(H2,13,16)(H,14,17). The number of phenolic OH excluding ortho intramolecular Hbond substituents is 1. The first kappa shape index (κ1) is 27.5. The van der Waals surface area contributed by atoms with E-state index in [0.29, 0.717) is 23.6 Å². The van der Waals surface area contributed by atoms with Gasteiger partial charge in [0.1, 0.15) is 5.75 Å². The van der Waals surface area contributed by atoms with Gasteiger partial charge in [-0.15, -0.1) is 0 Å². The number of hydrogen-bond donors (Lipinski definition) is 5. The van der Waals surface area contributed by atoms with Gasteiger partial charge >= 0.3 is 5.97 Å². The van der Waals surface area contributed by atoms with Crippen molar-refractivity contribution in [3.63, 3.8) is 0 Å². The molecule has 10 nitrogen and oxygen atoms in total. The lowest BCUT2D eigenvalue weighted by molar-refractivity contribution is -0.143. The largest absolute Gasteiger partial charge is 0.506 e. The zero-order valence-corrected chi connectivity index (χ0v) is 19.2. The van der Waals surface area contributed by atoms with E-state index >= 15 is 0 Å². The van der Waals surface area contributed by atoms with Crippen LogP contribution in [0.1, 0.15) is 39.6 Å². The SMILES string of the molecule is CCOC(=O)CCc1cc(Cl)cc(Cl)c1O.NC(=O)CNC(=O)c1cc(N)cc(C(N)=O)c1. The van der Waals surface area contributed by atoms with Gasteiger partial charge in [-0.3, -0.25) is 19.2 Å². The molecule has 178 valence electrons. The Hall–Kier alpha value is -3.50. The number of ether oxygens (including phenoxy) is 1. The number of amides is 3. The molecular weight excluding hydrogens is 475 g/mol. The first-order valence-corrected chi connectivity index (χ1v) is 10.3. The second-order valence-electron chi connectivity index (χ2n) is 6.56. The second kappa shape index (κ2) is 13.1. The first-order valence-electron chi connectivity index (χ1n) is 9.53. The van der Waals surface area contributed by atoms with E-state index in [1.54, 1.807) is 13.0 Å². The highest BCUT2D eigenvalue weighted by Gasteiger charge is 2.11. The van der Waals surface area contributed by atoms with Gasteiger partial charge in [-0.2, -0.15) is 0 Å². The Bertz CT molecular complexity index is 1050. The summed E-state index contributed by atoms with van der Waals surface area (Å²) < 4.78 is 4.78. The van der Waals surface area contributed by atoms with Gasteiger partial charge in [0.15, 0.2) is 0 Å². The van der Waals surface area contributed by atoms with Crippen LogP contribution in [0, 0.1) is 0 Å². The van der Waals surface area contributed by atoms with Crippen molar-refractivity contribution in [1.82, 2.24) is 5.32 Å². The molecule has 0 saturated carbocycles. The number of anilines is 1. The number of nitrogens with one attached hydrogen (secondary N) is 1. The van der Waals surface area contributed by atoms with E-state index in [9.17, 15) is 24.3 Å². The molecule has 12 heteroatoms. The van der Waals surface area contributed by atoms with Crippen LogP contribution in [0.25, 0.3) is 0 Å². The minimum atomic E-state index is -0.693. The molecule has 0 spiro atoms. The lowest BCUT2D eigenvalue weighted by Crippen LogP contribution is -2.33. The molecule has 3 amide bonds. The summed E-state index contributed by atoms with van der Waals surface area (Å²) in [5.74, 6) is -2.26. The zero-order chi connectivity index (χ0) is 25.1. The molecule has 0 heterocycles. The Morgan fingerprint density at radius 3 is 2.24 bits per heavy atom. The molecule has 0 aliphatic heterocycles. The highest BCUT2D eigenvalue weighted by molar-refractivity contribution is 6.35. The molecule has 0 radical (unpaired) electrons. The number of carbonyl (C=O) groups is 4. The van der Waals surface area contributed by atoms with Crippen LogP contribution in [-0.2, 0) is 20.7 Å². The van der Waals surface area contributed by atoms with Crippen molar-refractivity contribution in [3.05, 3.63) is 57.1 Å². The molecule has 0 aromatic heterocycles. The van der Waals surface area contributed by atoms with E-state index in [1.807, 2.05) is 0 Å². The van der Waals surface area contributed by atoms with Crippen LogP contribution < -0.4 is 22.5 Å². The number of aryl methyl sites for hydroxylation is 1. The maximum atomic E-state index is 11.5. The Kier molecular flexibility index (Phi) is 11.0. The molecule has 0 unspecified atom stereocenters. The number of nitrogen functional groups attached to an aromatic ring is 1. The number of esters is 1. The van der Waals surface area contributed by atoms with Crippen LogP contribution in [0.4, 0.5) is 5.69 Å². The maximum absolute atomic E-state index is 11.5. The first-order chi connectivity index (χ1) is 15.4. The molecule has 8 N–H and O–H groups in total. The average molecular weight is 499 g/mol. The van der Waals surface area contributed by atoms with E-state index < -0.39 is 17.7 Å². The number of phenols is 1. The van der Waals surface area contributed by atoms with Gasteiger partial charge in [0, 0.05) is 28.3 Å². The highest BCUT2D eigenvalue weighted by Crippen LogP contribution is 2.31. The topological polar surface area (TPSA) is 188 Å². The molecule has 2 rings (SSSR count). The Balaban J connectivity index is 0.000000331. The Morgan fingerprint density at radius 2 is 1.67 bits per heavy atom. The molecule has 0 aliphatic rings. The quantitative estimate of drug-likeness (QED) is 0.270. The monoisotopic (exact) mass is 498 g/mol. The van der Waals surface area contributed by atoms with Crippen molar-refractivity contribution in [3.8, 4) is 5.75 Å². The predicted molar refractivity (Wildman–Crippen MR) is 124 cm³/mol. The van der Waals surface area contributed by atoms with Crippen molar-refractivity contribution >= 4 is 52.6 Å². The summed E-state index contributed by atoms with van der Waals surface area (Å²) in [7, 11) is 0. The molecule has 2 aromatic carbocycles. The summed E-state index contributed by atoms with van der Waals surface area (Å²) in [5, 5.41) is 12.5. The Morgan fingerprint density at radius 1 is 1.03 bits per heavy atom. The number of primary amides is 2. The van der Waals surface area contributed by atoms with Gasteiger partial charge in [0.25, 0.3) is 5.91 Å².